The van der Waals surface area contributed by atoms with E-state index in [0.29, 0.717) is 12.2 Å². The van der Waals surface area contributed by atoms with Crippen molar-refractivity contribution in [2.24, 2.45) is 5.92 Å². The summed E-state index contributed by atoms with van der Waals surface area (Å²) >= 11 is 1.65. The number of hydrogen-bond acceptors (Lipinski definition) is 3. The first-order chi connectivity index (χ1) is 13.1. The van der Waals surface area contributed by atoms with Crippen molar-refractivity contribution >= 4 is 29.3 Å². The smallest absolute Gasteiger partial charge is 0.238 e. The van der Waals surface area contributed by atoms with Gasteiger partial charge in [0.1, 0.15) is 0 Å². The van der Waals surface area contributed by atoms with E-state index in [-0.39, 0.29) is 23.1 Å². The van der Waals surface area contributed by atoms with E-state index >= 15 is 0 Å². The Morgan fingerprint density at radius 1 is 1.00 bits per heavy atom. The number of thioether (sulfide) groups is 1. The van der Waals surface area contributed by atoms with Gasteiger partial charge >= 0.3 is 0 Å². The number of aryl methyl sites for hydroxylation is 3. The van der Waals surface area contributed by atoms with E-state index in [9.17, 15) is 9.59 Å². The first kappa shape index (κ1) is 20.7. The molecule has 1 saturated heterocycles. The van der Waals surface area contributed by atoms with Gasteiger partial charge in [-0.25, -0.2) is 4.90 Å². The van der Waals surface area contributed by atoms with Crippen LogP contribution in [0, 0.1) is 26.7 Å². The zero-order valence-electron chi connectivity index (χ0n) is 17.6. The molecule has 2 aromatic carbocycles. The second-order valence-electron chi connectivity index (χ2n) is 8.80. The molecule has 0 N–H and O–H groups in total. The third-order valence-corrected chi connectivity index (χ3v) is 6.45. The van der Waals surface area contributed by atoms with Gasteiger partial charge < -0.3 is 0 Å². The number of nitrogens with zero attached hydrogens (tertiary/aromatic N) is 1. The molecule has 1 aliphatic rings. The molecule has 0 radical (unpaired) electrons. The van der Waals surface area contributed by atoms with Gasteiger partial charge in [-0.1, -0.05) is 50.6 Å². The molecule has 1 aliphatic heterocycles. The number of hydrogen-bond donors (Lipinski definition) is 0. The lowest BCUT2D eigenvalue weighted by Crippen LogP contribution is -2.32. The van der Waals surface area contributed by atoms with Crippen molar-refractivity contribution in [2.45, 2.75) is 58.3 Å². The van der Waals surface area contributed by atoms with Crippen LogP contribution in [0.3, 0.4) is 0 Å². The van der Waals surface area contributed by atoms with Gasteiger partial charge in [-0.05, 0) is 55.0 Å². The number of carbonyl (C=O) groups is 2. The SMILES string of the molecule is Cc1cc(C)c(N2C(=O)C[C@H](CSc3ccc(C(C)(C)C)cc3)C2=O)c(C)c1. The van der Waals surface area contributed by atoms with E-state index in [4.69, 9.17) is 0 Å². The highest BCUT2D eigenvalue weighted by molar-refractivity contribution is 7.99. The third kappa shape index (κ3) is 4.17. The number of amides is 2. The second kappa shape index (κ2) is 7.75. The molecule has 148 valence electrons. The number of anilines is 1. The van der Waals surface area contributed by atoms with Gasteiger partial charge in [0, 0.05) is 17.1 Å². The predicted octanol–water partition coefficient (Wildman–Crippen LogP) is 5.58. The fourth-order valence-electron chi connectivity index (χ4n) is 3.83. The summed E-state index contributed by atoms with van der Waals surface area (Å²) in [5.74, 6) is 0.201. The average Bonchev–Trinajstić information content (AvgIpc) is 2.86. The van der Waals surface area contributed by atoms with Crippen LogP contribution in [0.15, 0.2) is 41.3 Å². The quantitative estimate of drug-likeness (QED) is 0.501. The maximum atomic E-state index is 13.0. The van der Waals surface area contributed by atoms with Crippen molar-refractivity contribution in [2.75, 3.05) is 10.7 Å². The fraction of sp³-hybridized carbons (Fsp3) is 0.417. The maximum absolute atomic E-state index is 13.0. The van der Waals surface area contributed by atoms with Gasteiger partial charge in [0.25, 0.3) is 0 Å². The van der Waals surface area contributed by atoms with Crippen molar-refractivity contribution < 1.29 is 9.59 Å². The Kier molecular flexibility index (Phi) is 5.72. The van der Waals surface area contributed by atoms with Crippen LogP contribution >= 0.6 is 11.8 Å². The maximum Gasteiger partial charge on any atom is 0.238 e. The Bertz CT molecular complexity index is 886. The fourth-order valence-corrected chi connectivity index (χ4v) is 4.82. The molecule has 0 aliphatic carbocycles. The Hall–Kier alpha value is -2.07. The summed E-state index contributed by atoms with van der Waals surface area (Å²) in [7, 11) is 0. The van der Waals surface area contributed by atoms with Crippen molar-refractivity contribution in [1.82, 2.24) is 0 Å². The second-order valence-corrected chi connectivity index (χ2v) is 9.89. The predicted molar refractivity (Wildman–Crippen MR) is 117 cm³/mol. The first-order valence-electron chi connectivity index (χ1n) is 9.76. The van der Waals surface area contributed by atoms with Gasteiger partial charge in [-0.2, -0.15) is 0 Å². The van der Waals surface area contributed by atoms with Crippen molar-refractivity contribution in [3.63, 3.8) is 0 Å². The molecule has 0 saturated carbocycles. The summed E-state index contributed by atoms with van der Waals surface area (Å²) in [5.41, 5.74) is 5.28. The minimum atomic E-state index is -0.264. The van der Waals surface area contributed by atoms with Crippen molar-refractivity contribution in [1.29, 1.82) is 0 Å². The highest BCUT2D eigenvalue weighted by Crippen LogP contribution is 2.35. The minimum absolute atomic E-state index is 0.0705. The Balaban J connectivity index is 1.72. The van der Waals surface area contributed by atoms with Gasteiger partial charge in [-0.3, -0.25) is 9.59 Å². The number of imide groups is 1. The van der Waals surface area contributed by atoms with Gasteiger partial charge in [0.15, 0.2) is 0 Å². The van der Waals surface area contributed by atoms with E-state index < -0.39 is 0 Å². The van der Waals surface area contributed by atoms with E-state index in [1.807, 2.05) is 32.9 Å². The molecule has 2 amide bonds. The summed E-state index contributed by atoms with van der Waals surface area (Å²) in [6.07, 6.45) is 0.290. The molecule has 1 atom stereocenters. The zero-order chi connectivity index (χ0) is 20.6. The Labute approximate surface area is 172 Å². The van der Waals surface area contributed by atoms with E-state index in [1.165, 1.54) is 10.5 Å². The molecule has 0 bridgehead atoms. The summed E-state index contributed by atoms with van der Waals surface area (Å²) in [5, 5.41) is 0. The zero-order valence-corrected chi connectivity index (χ0v) is 18.4. The van der Waals surface area contributed by atoms with Gasteiger partial charge in [0.2, 0.25) is 11.8 Å². The molecule has 3 rings (SSSR count). The molecule has 4 heteroatoms. The van der Waals surface area contributed by atoms with Crippen LogP contribution in [0.1, 0.15) is 49.4 Å². The minimum Gasteiger partial charge on any atom is -0.274 e. The van der Waals surface area contributed by atoms with Crippen LogP contribution in [0.5, 0.6) is 0 Å². The summed E-state index contributed by atoms with van der Waals surface area (Å²) in [4.78, 5) is 28.2. The van der Waals surface area contributed by atoms with Crippen molar-refractivity contribution in [3.8, 4) is 0 Å². The topological polar surface area (TPSA) is 37.4 Å². The molecule has 0 spiro atoms. The van der Waals surface area contributed by atoms with Crippen LogP contribution in [-0.2, 0) is 15.0 Å². The molecule has 28 heavy (non-hydrogen) atoms. The number of carbonyl (C=O) groups excluding carboxylic acids is 2. The van der Waals surface area contributed by atoms with Crippen molar-refractivity contribution in [3.05, 3.63) is 58.7 Å². The standard InChI is InChI=1S/C24H29NO2S/c1-15-11-16(2)22(17(3)12-15)25-21(26)13-18(23(25)27)14-28-20-9-7-19(8-10-20)24(4,5)6/h7-12,18H,13-14H2,1-6H3/t18-/m1/s1. The van der Waals surface area contributed by atoms with E-state index in [0.717, 1.165) is 27.3 Å². The highest BCUT2D eigenvalue weighted by Gasteiger charge is 2.40. The number of rotatable bonds is 4. The summed E-state index contributed by atoms with van der Waals surface area (Å²) in [6, 6.07) is 12.6. The Morgan fingerprint density at radius 2 is 1.57 bits per heavy atom. The highest BCUT2D eigenvalue weighted by atomic mass is 32.2. The van der Waals surface area contributed by atoms with Gasteiger partial charge in [0.05, 0.1) is 11.6 Å². The lowest BCUT2D eigenvalue weighted by molar-refractivity contribution is -0.122. The largest absolute Gasteiger partial charge is 0.274 e. The van der Waals surface area contributed by atoms with Crippen LogP contribution in [0.25, 0.3) is 0 Å². The normalized spacial score (nSPS) is 17.5. The first-order valence-corrected chi connectivity index (χ1v) is 10.7. The van der Waals surface area contributed by atoms with E-state index in [2.05, 4.69) is 45.0 Å². The lowest BCUT2D eigenvalue weighted by atomic mass is 9.87. The van der Waals surface area contributed by atoms with E-state index in [1.54, 1.807) is 11.8 Å². The molecule has 0 unspecified atom stereocenters. The average molecular weight is 396 g/mol. The van der Waals surface area contributed by atoms with Gasteiger partial charge in [-0.15, -0.1) is 11.8 Å². The molecule has 1 heterocycles. The van der Waals surface area contributed by atoms with Crippen LogP contribution in [0.4, 0.5) is 5.69 Å². The molecule has 1 fully saturated rings. The molecule has 0 aromatic heterocycles. The monoisotopic (exact) mass is 395 g/mol. The molecule has 3 nitrogen and oxygen atoms in total. The number of benzene rings is 2. The van der Waals surface area contributed by atoms with Crippen LogP contribution in [0.2, 0.25) is 0 Å². The van der Waals surface area contributed by atoms with Crippen LogP contribution < -0.4 is 4.90 Å². The summed E-state index contributed by atoms with van der Waals surface area (Å²) in [6.45, 7) is 12.6. The third-order valence-electron chi connectivity index (χ3n) is 5.27. The molecule has 2 aromatic rings. The Morgan fingerprint density at radius 3 is 2.11 bits per heavy atom. The summed E-state index contributed by atoms with van der Waals surface area (Å²) < 4.78 is 0. The molecular formula is C24H29NO2S. The van der Waals surface area contributed by atoms with Crippen LogP contribution in [-0.4, -0.2) is 17.6 Å². The lowest BCUT2D eigenvalue weighted by Gasteiger charge is -2.21. The molecular weight excluding hydrogens is 366 g/mol.